The van der Waals surface area contributed by atoms with Crippen molar-refractivity contribution in [2.45, 2.75) is 12.8 Å². The minimum Gasteiger partial charge on any atom is -0.368 e. The molecule has 14 heavy (non-hydrogen) atoms. The van der Waals surface area contributed by atoms with Crippen LogP contribution in [-0.4, -0.2) is 44.1 Å². The predicted octanol–water partition coefficient (Wildman–Crippen LogP) is -0.665. The SMILES string of the molecule is CN1CCCC(CNOCC(N)=O)C1. The zero-order chi connectivity index (χ0) is 10.4. The number of likely N-dealkylation sites (tertiary alicyclic amines) is 1. The van der Waals surface area contributed by atoms with Gasteiger partial charge in [-0.15, -0.1) is 0 Å². The Hall–Kier alpha value is -0.650. The Bertz CT molecular complexity index is 187. The van der Waals surface area contributed by atoms with Gasteiger partial charge in [0.1, 0.15) is 6.61 Å². The summed E-state index contributed by atoms with van der Waals surface area (Å²) in [5.74, 6) is 0.167. The van der Waals surface area contributed by atoms with Gasteiger partial charge in [-0.1, -0.05) is 0 Å². The molecule has 1 unspecified atom stereocenters. The summed E-state index contributed by atoms with van der Waals surface area (Å²) >= 11 is 0. The smallest absolute Gasteiger partial charge is 0.245 e. The van der Waals surface area contributed by atoms with Gasteiger partial charge in [0.2, 0.25) is 5.91 Å². The van der Waals surface area contributed by atoms with Gasteiger partial charge < -0.3 is 10.6 Å². The van der Waals surface area contributed by atoms with Gasteiger partial charge in [0, 0.05) is 13.1 Å². The highest BCUT2D eigenvalue weighted by Crippen LogP contribution is 2.13. The molecule has 1 saturated heterocycles. The number of nitrogens with zero attached hydrogens (tertiary/aromatic N) is 1. The molecule has 0 bridgehead atoms. The molecule has 1 aliphatic rings. The molecular formula is C9H19N3O2. The fourth-order valence-electron chi connectivity index (χ4n) is 1.74. The third-order valence-electron chi connectivity index (χ3n) is 2.41. The minimum absolute atomic E-state index is 0.0530. The van der Waals surface area contributed by atoms with Gasteiger partial charge in [0.25, 0.3) is 0 Å². The van der Waals surface area contributed by atoms with Crippen LogP contribution < -0.4 is 11.2 Å². The fourth-order valence-corrected chi connectivity index (χ4v) is 1.74. The number of hydroxylamine groups is 1. The van der Waals surface area contributed by atoms with E-state index in [4.69, 9.17) is 10.6 Å². The fraction of sp³-hybridized carbons (Fsp3) is 0.889. The van der Waals surface area contributed by atoms with E-state index in [0.29, 0.717) is 5.92 Å². The van der Waals surface area contributed by atoms with E-state index < -0.39 is 5.91 Å². The lowest BCUT2D eigenvalue weighted by Crippen LogP contribution is -2.38. The molecule has 82 valence electrons. The highest BCUT2D eigenvalue weighted by Gasteiger charge is 2.16. The molecule has 0 aliphatic carbocycles. The number of amides is 1. The summed E-state index contributed by atoms with van der Waals surface area (Å²) in [6, 6.07) is 0. The lowest BCUT2D eigenvalue weighted by molar-refractivity contribution is -0.125. The van der Waals surface area contributed by atoms with Crippen LogP contribution in [0.1, 0.15) is 12.8 Å². The number of nitrogens with one attached hydrogen (secondary N) is 1. The van der Waals surface area contributed by atoms with E-state index in [0.717, 1.165) is 13.1 Å². The molecular weight excluding hydrogens is 182 g/mol. The average Bonchev–Trinajstić information content (AvgIpc) is 2.12. The van der Waals surface area contributed by atoms with Gasteiger partial charge in [-0.05, 0) is 32.4 Å². The first-order chi connectivity index (χ1) is 6.68. The molecule has 1 heterocycles. The average molecular weight is 201 g/mol. The maximum Gasteiger partial charge on any atom is 0.245 e. The van der Waals surface area contributed by atoms with Gasteiger partial charge in [0.15, 0.2) is 0 Å². The number of nitrogens with two attached hydrogens (primary N) is 1. The normalized spacial score (nSPS) is 23.6. The Kier molecular flexibility index (Phi) is 4.86. The van der Waals surface area contributed by atoms with Gasteiger partial charge in [-0.3, -0.25) is 9.63 Å². The number of hydrogen-bond donors (Lipinski definition) is 2. The van der Waals surface area contributed by atoms with Crippen molar-refractivity contribution < 1.29 is 9.63 Å². The van der Waals surface area contributed by atoms with Crippen LogP contribution >= 0.6 is 0 Å². The molecule has 0 aromatic carbocycles. The Morgan fingerprint density at radius 2 is 2.50 bits per heavy atom. The molecule has 1 rings (SSSR count). The van der Waals surface area contributed by atoms with Crippen LogP contribution in [0.3, 0.4) is 0 Å². The molecule has 0 aromatic heterocycles. The van der Waals surface area contributed by atoms with Crippen molar-refractivity contribution >= 4 is 5.91 Å². The lowest BCUT2D eigenvalue weighted by Gasteiger charge is -2.29. The number of carbonyl (C=O) groups is 1. The van der Waals surface area contributed by atoms with Crippen molar-refractivity contribution in [3.05, 3.63) is 0 Å². The Morgan fingerprint density at radius 1 is 1.71 bits per heavy atom. The van der Waals surface area contributed by atoms with E-state index in [2.05, 4.69) is 17.4 Å². The van der Waals surface area contributed by atoms with Gasteiger partial charge >= 0.3 is 0 Å². The number of piperidine rings is 1. The van der Waals surface area contributed by atoms with E-state index in [-0.39, 0.29) is 6.61 Å². The van der Waals surface area contributed by atoms with Crippen LogP contribution in [0.4, 0.5) is 0 Å². The Balaban J connectivity index is 2.03. The number of rotatable bonds is 5. The summed E-state index contributed by atoms with van der Waals surface area (Å²) in [5, 5.41) is 0. The molecule has 5 nitrogen and oxygen atoms in total. The van der Waals surface area contributed by atoms with E-state index in [1.807, 2.05) is 0 Å². The molecule has 1 atom stereocenters. The zero-order valence-electron chi connectivity index (χ0n) is 8.66. The van der Waals surface area contributed by atoms with Crippen LogP contribution in [0.2, 0.25) is 0 Å². The molecule has 3 N–H and O–H groups in total. The highest BCUT2D eigenvalue weighted by molar-refractivity contribution is 5.74. The zero-order valence-corrected chi connectivity index (χ0v) is 8.66. The number of hydrogen-bond acceptors (Lipinski definition) is 4. The van der Waals surface area contributed by atoms with Crippen molar-refractivity contribution in [2.24, 2.45) is 11.7 Å². The summed E-state index contributed by atoms with van der Waals surface area (Å²) in [7, 11) is 2.12. The van der Waals surface area contributed by atoms with Crippen molar-refractivity contribution in [2.75, 3.05) is 33.3 Å². The minimum atomic E-state index is -0.446. The van der Waals surface area contributed by atoms with Crippen LogP contribution in [0, 0.1) is 5.92 Å². The summed E-state index contributed by atoms with van der Waals surface area (Å²) in [5.41, 5.74) is 7.70. The number of carbonyl (C=O) groups excluding carboxylic acids is 1. The van der Waals surface area contributed by atoms with E-state index in [1.54, 1.807) is 0 Å². The van der Waals surface area contributed by atoms with Crippen LogP contribution in [0.15, 0.2) is 0 Å². The summed E-state index contributed by atoms with van der Waals surface area (Å²) < 4.78 is 0. The standard InChI is InChI=1S/C9H19N3O2/c1-12-4-2-3-8(6-12)5-11-14-7-9(10)13/h8,11H,2-7H2,1H3,(H2,10,13). The topological polar surface area (TPSA) is 67.6 Å². The first kappa shape index (κ1) is 11.4. The van der Waals surface area contributed by atoms with Crippen LogP contribution in [-0.2, 0) is 9.63 Å². The quantitative estimate of drug-likeness (QED) is 0.457. The van der Waals surface area contributed by atoms with E-state index in [1.165, 1.54) is 19.4 Å². The largest absolute Gasteiger partial charge is 0.368 e. The Labute approximate surface area is 84.5 Å². The van der Waals surface area contributed by atoms with E-state index in [9.17, 15) is 4.79 Å². The van der Waals surface area contributed by atoms with E-state index >= 15 is 0 Å². The van der Waals surface area contributed by atoms with Crippen LogP contribution in [0.5, 0.6) is 0 Å². The summed E-state index contributed by atoms with van der Waals surface area (Å²) in [6.45, 7) is 3.01. The summed E-state index contributed by atoms with van der Waals surface area (Å²) in [6.07, 6.45) is 2.45. The molecule has 0 radical (unpaired) electrons. The third kappa shape index (κ3) is 4.55. The second kappa shape index (κ2) is 5.95. The lowest BCUT2D eigenvalue weighted by atomic mass is 9.99. The first-order valence-electron chi connectivity index (χ1n) is 5.00. The maximum atomic E-state index is 10.4. The summed E-state index contributed by atoms with van der Waals surface area (Å²) in [4.78, 5) is 17.6. The third-order valence-corrected chi connectivity index (χ3v) is 2.41. The van der Waals surface area contributed by atoms with Gasteiger partial charge in [-0.2, -0.15) is 0 Å². The second-order valence-electron chi connectivity index (χ2n) is 3.87. The molecule has 5 heteroatoms. The predicted molar refractivity (Wildman–Crippen MR) is 53.4 cm³/mol. The molecule has 0 saturated carbocycles. The molecule has 1 fully saturated rings. The van der Waals surface area contributed by atoms with Crippen molar-refractivity contribution in [1.29, 1.82) is 0 Å². The highest BCUT2D eigenvalue weighted by atomic mass is 16.6. The van der Waals surface area contributed by atoms with Gasteiger partial charge in [0.05, 0.1) is 0 Å². The first-order valence-corrected chi connectivity index (χ1v) is 5.00. The molecule has 0 aromatic rings. The molecule has 1 amide bonds. The Morgan fingerprint density at radius 3 is 3.14 bits per heavy atom. The molecule has 1 aliphatic heterocycles. The van der Waals surface area contributed by atoms with Crippen LogP contribution in [0.25, 0.3) is 0 Å². The van der Waals surface area contributed by atoms with Gasteiger partial charge in [-0.25, -0.2) is 5.48 Å². The molecule has 0 spiro atoms. The van der Waals surface area contributed by atoms with Crippen molar-refractivity contribution in [1.82, 2.24) is 10.4 Å². The number of primary amides is 1. The second-order valence-corrected chi connectivity index (χ2v) is 3.87. The monoisotopic (exact) mass is 201 g/mol. The van der Waals surface area contributed by atoms with Crippen molar-refractivity contribution in [3.8, 4) is 0 Å². The maximum absolute atomic E-state index is 10.4. The van der Waals surface area contributed by atoms with Crippen molar-refractivity contribution in [3.63, 3.8) is 0 Å².